The van der Waals surface area contributed by atoms with E-state index in [-0.39, 0.29) is 24.4 Å². The maximum atomic E-state index is 11.9. The molecule has 0 saturated carbocycles. The highest BCUT2D eigenvalue weighted by Gasteiger charge is 2.32. The molecule has 0 aliphatic carbocycles. The van der Waals surface area contributed by atoms with Gasteiger partial charge in [-0.3, -0.25) is 9.59 Å². The zero-order valence-corrected chi connectivity index (χ0v) is 10.2. The van der Waals surface area contributed by atoms with E-state index in [0.717, 1.165) is 6.42 Å². The fraction of sp³-hybridized carbons (Fsp3) is 0.818. The second-order valence-corrected chi connectivity index (χ2v) is 4.38. The van der Waals surface area contributed by atoms with Crippen LogP contribution >= 0.6 is 0 Å². The van der Waals surface area contributed by atoms with Gasteiger partial charge in [0.25, 0.3) is 0 Å². The Bertz CT molecular complexity index is 266. The van der Waals surface area contributed by atoms with Crippen molar-refractivity contribution in [2.24, 2.45) is 0 Å². The average molecular weight is 227 g/mol. The Kier molecular flexibility index (Phi) is 4.73. The van der Waals surface area contributed by atoms with Crippen LogP contribution in [0, 0.1) is 0 Å². The highest BCUT2D eigenvalue weighted by Crippen LogP contribution is 2.11. The van der Waals surface area contributed by atoms with Crippen molar-refractivity contribution in [1.29, 1.82) is 0 Å². The molecule has 2 N–H and O–H groups in total. The van der Waals surface area contributed by atoms with Crippen LogP contribution < -0.4 is 10.6 Å². The van der Waals surface area contributed by atoms with Crippen molar-refractivity contribution in [1.82, 2.24) is 15.5 Å². The quantitative estimate of drug-likeness (QED) is 0.679. The Hall–Kier alpha value is -1.10. The number of nitrogens with one attached hydrogen (secondary N) is 2. The molecule has 0 aromatic carbocycles. The molecule has 0 radical (unpaired) electrons. The summed E-state index contributed by atoms with van der Waals surface area (Å²) in [6.45, 7) is 7.35. The first-order chi connectivity index (χ1) is 7.54. The third-order valence-corrected chi connectivity index (χ3v) is 2.54. The minimum Gasteiger partial charge on any atom is -0.355 e. The van der Waals surface area contributed by atoms with Gasteiger partial charge in [0.2, 0.25) is 11.8 Å². The van der Waals surface area contributed by atoms with E-state index in [1.807, 2.05) is 20.8 Å². The molecule has 1 fully saturated rings. The van der Waals surface area contributed by atoms with Crippen molar-refractivity contribution in [2.45, 2.75) is 39.3 Å². The standard InChI is InChI=1S/C11H21N3O2/c1-4-12-10(15)7-14-6-5-9(11(14)16)13-8(2)3/h8-9,13H,4-7H2,1-3H3,(H,12,15). The predicted molar refractivity (Wildman–Crippen MR) is 61.9 cm³/mol. The summed E-state index contributed by atoms with van der Waals surface area (Å²) in [5.41, 5.74) is 0. The molecule has 1 rings (SSSR count). The van der Waals surface area contributed by atoms with Crippen LogP contribution in [0.1, 0.15) is 27.2 Å². The van der Waals surface area contributed by atoms with Crippen molar-refractivity contribution in [3.63, 3.8) is 0 Å². The molecule has 5 nitrogen and oxygen atoms in total. The fourth-order valence-corrected chi connectivity index (χ4v) is 1.88. The monoisotopic (exact) mass is 227 g/mol. The molecule has 16 heavy (non-hydrogen) atoms. The molecule has 5 heteroatoms. The number of likely N-dealkylation sites (tertiary alicyclic amines) is 1. The number of likely N-dealkylation sites (N-methyl/N-ethyl adjacent to an activating group) is 1. The Labute approximate surface area is 96.6 Å². The normalized spacial score (nSPS) is 20.6. The molecule has 0 aromatic heterocycles. The number of hydrogen-bond donors (Lipinski definition) is 2. The third kappa shape index (κ3) is 3.48. The SMILES string of the molecule is CCNC(=O)CN1CCC(NC(C)C)C1=O. The largest absolute Gasteiger partial charge is 0.355 e. The van der Waals surface area contributed by atoms with Crippen molar-refractivity contribution in [2.75, 3.05) is 19.6 Å². The third-order valence-electron chi connectivity index (χ3n) is 2.54. The van der Waals surface area contributed by atoms with Crippen LogP contribution in [-0.2, 0) is 9.59 Å². The Morgan fingerprint density at radius 2 is 2.25 bits per heavy atom. The molecule has 1 aliphatic heterocycles. The summed E-state index contributed by atoms with van der Waals surface area (Å²) >= 11 is 0. The fourth-order valence-electron chi connectivity index (χ4n) is 1.88. The van der Waals surface area contributed by atoms with Crippen molar-refractivity contribution in [3.05, 3.63) is 0 Å². The second kappa shape index (κ2) is 5.84. The first-order valence-electron chi connectivity index (χ1n) is 5.86. The number of rotatable bonds is 5. The van der Waals surface area contributed by atoms with Gasteiger partial charge in [0.1, 0.15) is 0 Å². The van der Waals surface area contributed by atoms with Gasteiger partial charge in [-0.05, 0) is 13.3 Å². The zero-order valence-electron chi connectivity index (χ0n) is 10.2. The van der Waals surface area contributed by atoms with E-state index in [2.05, 4.69) is 10.6 Å². The summed E-state index contributed by atoms with van der Waals surface area (Å²) in [7, 11) is 0. The minimum absolute atomic E-state index is 0.0416. The molecule has 2 amide bonds. The van der Waals surface area contributed by atoms with Crippen LogP contribution in [0.4, 0.5) is 0 Å². The van der Waals surface area contributed by atoms with Crippen LogP contribution in [-0.4, -0.2) is 48.4 Å². The highest BCUT2D eigenvalue weighted by atomic mass is 16.2. The van der Waals surface area contributed by atoms with Gasteiger partial charge >= 0.3 is 0 Å². The number of nitrogens with zero attached hydrogens (tertiary/aromatic N) is 1. The predicted octanol–water partition coefficient (Wildman–Crippen LogP) is -0.279. The van der Waals surface area contributed by atoms with E-state index in [1.165, 1.54) is 0 Å². The molecular weight excluding hydrogens is 206 g/mol. The van der Waals surface area contributed by atoms with Gasteiger partial charge in [0.05, 0.1) is 12.6 Å². The van der Waals surface area contributed by atoms with Crippen molar-refractivity contribution < 1.29 is 9.59 Å². The van der Waals surface area contributed by atoms with Crippen LogP contribution in [0.25, 0.3) is 0 Å². The van der Waals surface area contributed by atoms with E-state index >= 15 is 0 Å². The summed E-state index contributed by atoms with van der Waals surface area (Å²) in [5.74, 6) is -0.0407. The summed E-state index contributed by atoms with van der Waals surface area (Å²) in [4.78, 5) is 24.8. The lowest BCUT2D eigenvalue weighted by molar-refractivity contribution is -0.134. The van der Waals surface area contributed by atoms with Crippen molar-refractivity contribution >= 4 is 11.8 Å². The number of amides is 2. The van der Waals surface area contributed by atoms with Crippen LogP contribution in [0.15, 0.2) is 0 Å². The van der Waals surface area contributed by atoms with Gasteiger partial charge in [-0.1, -0.05) is 13.8 Å². The minimum atomic E-state index is -0.116. The lowest BCUT2D eigenvalue weighted by Crippen LogP contribution is -2.44. The molecule has 0 aromatic rings. The molecular formula is C11H21N3O2. The summed E-state index contributed by atoms with van der Waals surface area (Å²) in [6, 6.07) is 0.174. The smallest absolute Gasteiger partial charge is 0.240 e. The maximum Gasteiger partial charge on any atom is 0.240 e. The first kappa shape index (κ1) is 13.0. The zero-order chi connectivity index (χ0) is 12.1. The highest BCUT2D eigenvalue weighted by molar-refractivity contribution is 5.89. The van der Waals surface area contributed by atoms with E-state index in [4.69, 9.17) is 0 Å². The first-order valence-corrected chi connectivity index (χ1v) is 5.86. The van der Waals surface area contributed by atoms with Gasteiger partial charge in [0.15, 0.2) is 0 Å². The van der Waals surface area contributed by atoms with E-state index in [0.29, 0.717) is 19.1 Å². The molecule has 0 spiro atoms. The Morgan fingerprint density at radius 1 is 1.56 bits per heavy atom. The van der Waals surface area contributed by atoms with Crippen LogP contribution in [0.3, 0.4) is 0 Å². The summed E-state index contributed by atoms with van der Waals surface area (Å²) < 4.78 is 0. The van der Waals surface area contributed by atoms with Gasteiger partial charge in [-0.2, -0.15) is 0 Å². The molecule has 1 saturated heterocycles. The lowest BCUT2D eigenvalue weighted by Gasteiger charge is -2.17. The van der Waals surface area contributed by atoms with Gasteiger partial charge in [-0.25, -0.2) is 0 Å². The average Bonchev–Trinajstić information content (AvgIpc) is 2.50. The second-order valence-electron chi connectivity index (χ2n) is 4.38. The Morgan fingerprint density at radius 3 is 2.81 bits per heavy atom. The van der Waals surface area contributed by atoms with E-state index < -0.39 is 0 Å². The van der Waals surface area contributed by atoms with Crippen molar-refractivity contribution in [3.8, 4) is 0 Å². The molecule has 1 heterocycles. The van der Waals surface area contributed by atoms with Crippen LogP contribution in [0.2, 0.25) is 0 Å². The topological polar surface area (TPSA) is 61.4 Å². The Balaban J connectivity index is 2.41. The molecule has 1 atom stereocenters. The number of hydrogen-bond acceptors (Lipinski definition) is 3. The van der Waals surface area contributed by atoms with Crippen LogP contribution in [0.5, 0.6) is 0 Å². The molecule has 1 aliphatic rings. The molecule has 1 unspecified atom stereocenters. The lowest BCUT2D eigenvalue weighted by atomic mass is 10.2. The molecule has 92 valence electrons. The van der Waals surface area contributed by atoms with E-state index in [1.54, 1.807) is 4.90 Å². The maximum absolute atomic E-state index is 11.9. The molecule has 0 bridgehead atoms. The number of carbonyl (C=O) groups excluding carboxylic acids is 2. The number of carbonyl (C=O) groups is 2. The van der Waals surface area contributed by atoms with Gasteiger partial charge in [-0.15, -0.1) is 0 Å². The van der Waals surface area contributed by atoms with Gasteiger partial charge < -0.3 is 15.5 Å². The van der Waals surface area contributed by atoms with E-state index in [9.17, 15) is 9.59 Å². The van der Waals surface area contributed by atoms with Gasteiger partial charge in [0, 0.05) is 19.1 Å². The summed E-state index contributed by atoms with van der Waals surface area (Å²) in [6.07, 6.45) is 0.788. The summed E-state index contributed by atoms with van der Waals surface area (Å²) in [5, 5.41) is 5.90.